The van der Waals surface area contributed by atoms with Crippen LogP contribution in [-0.4, -0.2) is 37.2 Å². The maximum atomic E-state index is 11.6. The molecule has 0 aromatic rings. The van der Waals surface area contributed by atoms with Gasteiger partial charge in [-0.2, -0.15) is 0 Å². The van der Waals surface area contributed by atoms with Crippen molar-refractivity contribution >= 4 is 24.3 Å². The summed E-state index contributed by atoms with van der Waals surface area (Å²) in [6.07, 6.45) is 5.83. The van der Waals surface area contributed by atoms with Crippen molar-refractivity contribution in [1.82, 2.24) is 5.32 Å². The molecule has 1 unspecified atom stereocenters. The predicted octanol–water partition coefficient (Wildman–Crippen LogP) is 1.52. The van der Waals surface area contributed by atoms with E-state index in [9.17, 15) is 9.59 Å². The third kappa shape index (κ3) is 7.66. The molecule has 3 atom stereocenters. The van der Waals surface area contributed by atoms with E-state index in [1.807, 2.05) is 0 Å². The van der Waals surface area contributed by atoms with Crippen molar-refractivity contribution in [1.29, 1.82) is 0 Å². The van der Waals surface area contributed by atoms with E-state index in [0.717, 1.165) is 6.42 Å². The van der Waals surface area contributed by atoms with Gasteiger partial charge in [-0.15, -0.1) is 12.4 Å². The summed E-state index contributed by atoms with van der Waals surface area (Å²) < 4.78 is 10.1. The highest BCUT2D eigenvalue weighted by molar-refractivity contribution is 5.85. The summed E-state index contributed by atoms with van der Waals surface area (Å²) in [5.74, 6) is -0.0728. The largest absolute Gasteiger partial charge is 0.500 e. The fourth-order valence-electron chi connectivity index (χ4n) is 1.88. The Hall–Kier alpha value is -1.27. The lowest BCUT2D eigenvalue weighted by molar-refractivity contribution is -0.141. The Labute approximate surface area is 138 Å². The first-order chi connectivity index (χ1) is 10.0. The number of halogens is 1. The van der Waals surface area contributed by atoms with Gasteiger partial charge >= 0.3 is 5.97 Å². The number of allylic oxidation sites excluding steroid dienone is 1. The van der Waals surface area contributed by atoms with Gasteiger partial charge in [0.1, 0.15) is 12.6 Å². The van der Waals surface area contributed by atoms with E-state index in [0.29, 0.717) is 38.4 Å². The number of carbonyl (C=O) groups is 2. The first-order valence-electron chi connectivity index (χ1n) is 7.52. The molecule has 0 radical (unpaired) electrons. The highest BCUT2D eigenvalue weighted by atomic mass is 35.5. The lowest BCUT2D eigenvalue weighted by Gasteiger charge is -2.17. The summed E-state index contributed by atoms with van der Waals surface area (Å²) >= 11 is 0. The van der Waals surface area contributed by atoms with E-state index in [1.165, 1.54) is 0 Å². The van der Waals surface area contributed by atoms with Crippen LogP contribution in [0.5, 0.6) is 0 Å². The molecule has 6 nitrogen and oxygen atoms in total. The Morgan fingerprint density at radius 1 is 1.59 bits per heavy atom. The molecule has 1 rings (SSSR count). The summed E-state index contributed by atoms with van der Waals surface area (Å²) in [7, 11) is 0. The molecule has 1 heterocycles. The van der Waals surface area contributed by atoms with Gasteiger partial charge in [0.15, 0.2) is 0 Å². The fourth-order valence-corrected chi connectivity index (χ4v) is 1.88. The summed E-state index contributed by atoms with van der Waals surface area (Å²) in [6.45, 7) is 5.05. The molecule has 3 N–H and O–H groups in total. The van der Waals surface area contributed by atoms with E-state index in [4.69, 9.17) is 15.2 Å². The van der Waals surface area contributed by atoms with Crippen molar-refractivity contribution in [2.24, 2.45) is 11.7 Å². The Balaban J connectivity index is 0.00000441. The maximum absolute atomic E-state index is 11.6. The Bertz CT molecular complexity index is 377. The van der Waals surface area contributed by atoms with Crippen LogP contribution in [-0.2, 0) is 19.1 Å². The molecule has 0 bridgehead atoms. The molecule has 1 saturated heterocycles. The van der Waals surface area contributed by atoms with Crippen molar-refractivity contribution in [2.45, 2.75) is 51.6 Å². The Kier molecular flexibility index (Phi) is 10.7. The summed E-state index contributed by atoms with van der Waals surface area (Å²) in [5, 5.41) is 2.65. The zero-order valence-electron chi connectivity index (χ0n) is 13.2. The van der Waals surface area contributed by atoms with Crippen LogP contribution >= 0.6 is 12.4 Å². The van der Waals surface area contributed by atoms with Crippen LogP contribution < -0.4 is 11.1 Å². The number of hydrogen-bond donors (Lipinski definition) is 2. The highest BCUT2D eigenvalue weighted by Crippen LogP contribution is 2.07. The Morgan fingerprint density at radius 3 is 2.91 bits per heavy atom. The third-order valence-corrected chi connectivity index (χ3v) is 3.66. The number of nitrogens with two attached hydrogens (primary N) is 1. The molecular formula is C15H27ClN2O4. The monoisotopic (exact) mass is 334 g/mol. The van der Waals surface area contributed by atoms with Gasteiger partial charge in [0.05, 0.1) is 12.9 Å². The van der Waals surface area contributed by atoms with Gasteiger partial charge in [-0.3, -0.25) is 4.79 Å². The lowest BCUT2D eigenvalue weighted by atomic mass is 10.0. The van der Waals surface area contributed by atoms with E-state index in [-0.39, 0.29) is 30.3 Å². The smallest absolute Gasteiger partial charge is 0.328 e. The second kappa shape index (κ2) is 11.3. The minimum atomic E-state index is -0.480. The standard InChI is InChI=1S/C15H26N2O4.ClH/c1-3-11(2)12(16)10-20-8-5-4-6-14(18)17-13-7-9-21-15(13)19;/h5,8,11-13H,3-4,6-7,9-10,16H2,1-2H3,(H,17,18);1H/t11-,12?,13-;/m0./s1. The molecule has 0 saturated carbocycles. The number of nitrogens with one attached hydrogen (secondary N) is 1. The molecule has 1 amide bonds. The van der Waals surface area contributed by atoms with Crippen LogP contribution in [0.4, 0.5) is 0 Å². The molecule has 1 aliphatic heterocycles. The number of cyclic esters (lactones) is 1. The first kappa shape index (κ1) is 20.7. The molecule has 128 valence electrons. The minimum Gasteiger partial charge on any atom is -0.500 e. The number of hydrogen-bond acceptors (Lipinski definition) is 5. The second-order valence-electron chi connectivity index (χ2n) is 5.37. The van der Waals surface area contributed by atoms with Crippen LogP contribution in [0.25, 0.3) is 0 Å². The van der Waals surface area contributed by atoms with Crippen molar-refractivity contribution < 1.29 is 19.1 Å². The summed E-state index contributed by atoms with van der Waals surface area (Å²) in [6, 6.07) is -0.456. The fraction of sp³-hybridized carbons (Fsp3) is 0.733. The van der Waals surface area contributed by atoms with Gasteiger partial charge in [-0.1, -0.05) is 20.3 Å². The molecular weight excluding hydrogens is 308 g/mol. The predicted molar refractivity (Wildman–Crippen MR) is 86.5 cm³/mol. The zero-order chi connectivity index (χ0) is 15.7. The zero-order valence-corrected chi connectivity index (χ0v) is 14.1. The van der Waals surface area contributed by atoms with E-state index in [1.54, 1.807) is 12.3 Å². The highest BCUT2D eigenvalue weighted by Gasteiger charge is 2.27. The normalized spacial score (nSPS) is 20.1. The lowest BCUT2D eigenvalue weighted by Crippen LogP contribution is -2.37. The van der Waals surface area contributed by atoms with Gasteiger partial charge in [-0.05, 0) is 18.4 Å². The molecule has 0 spiro atoms. The minimum absolute atomic E-state index is 0. The first-order valence-corrected chi connectivity index (χ1v) is 7.52. The number of ether oxygens (including phenoxy) is 2. The van der Waals surface area contributed by atoms with E-state index in [2.05, 4.69) is 19.2 Å². The third-order valence-electron chi connectivity index (χ3n) is 3.66. The van der Waals surface area contributed by atoms with E-state index >= 15 is 0 Å². The number of amides is 1. The van der Waals surface area contributed by atoms with Gasteiger partial charge in [0.2, 0.25) is 5.91 Å². The van der Waals surface area contributed by atoms with Crippen molar-refractivity contribution in [3.63, 3.8) is 0 Å². The quantitative estimate of drug-likeness (QED) is 0.493. The van der Waals surface area contributed by atoms with Crippen molar-refractivity contribution in [3.05, 3.63) is 12.3 Å². The average molecular weight is 335 g/mol. The van der Waals surface area contributed by atoms with Crippen LogP contribution in [0, 0.1) is 5.92 Å². The van der Waals surface area contributed by atoms with E-state index < -0.39 is 6.04 Å². The second-order valence-corrected chi connectivity index (χ2v) is 5.37. The van der Waals surface area contributed by atoms with Crippen molar-refractivity contribution in [3.8, 4) is 0 Å². The van der Waals surface area contributed by atoms with Gasteiger partial charge < -0.3 is 20.5 Å². The number of esters is 1. The number of carbonyl (C=O) groups excluding carboxylic acids is 2. The molecule has 0 aromatic heterocycles. The topological polar surface area (TPSA) is 90.7 Å². The molecule has 0 aliphatic carbocycles. The molecule has 0 aromatic carbocycles. The van der Waals surface area contributed by atoms with Gasteiger partial charge in [-0.25, -0.2) is 4.79 Å². The SMILES string of the molecule is CC[C@H](C)C(N)COC=CCCC(=O)N[C@H]1CCOC1=O.Cl. The van der Waals surface area contributed by atoms with Crippen LogP contribution in [0.3, 0.4) is 0 Å². The van der Waals surface area contributed by atoms with Crippen LogP contribution in [0.1, 0.15) is 39.5 Å². The van der Waals surface area contributed by atoms with Crippen LogP contribution in [0.2, 0.25) is 0 Å². The molecule has 7 heteroatoms. The van der Waals surface area contributed by atoms with Gasteiger partial charge in [0.25, 0.3) is 0 Å². The molecule has 1 aliphatic rings. The summed E-state index contributed by atoms with van der Waals surface area (Å²) in [4.78, 5) is 22.8. The molecule has 1 fully saturated rings. The maximum Gasteiger partial charge on any atom is 0.328 e. The number of rotatable bonds is 9. The van der Waals surface area contributed by atoms with Crippen LogP contribution in [0.15, 0.2) is 12.3 Å². The average Bonchev–Trinajstić information content (AvgIpc) is 2.86. The Morgan fingerprint density at radius 2 is 2.32 bits per heavy atom. The molecule has 22 heavy (non-hydrogen) atoms. The van der Waals surface area contributed by atoms with Gasteiger partial charge in [0, 0.05) is 18.9 Å². The summed E-state index contributed by atoms with van der Waals surface area (Å²) in [5.41, 5.74) is 5.93. The van der Waals surface area contributed by atoms with Crippen molar-refractivity contribution in [2.75, 3.05) is 13.2 Å².